The Morgan fingerprint density at radius 1 is 1.25 bits per heavy atom. The number of rotatable bonds is 4. The van der Waals surface area contributed by atoms with Gasteiger partial charge < -0.3 is 14.8 Å². The summed E-state index contributed by atoms with van der Waals surface area (Å²) in [7, 11) is 0. The predicted octanol–water partition coefficient (Wildman–Crippen LogP) is 2.49. The van der Waals surface area contributed by atoms with Crippen molar-refractivity contribution in [1.82, 2.24) is 5.32 Å². The van der Waals surface area contributed by atoms with E-state index < -0.39 is 23.7 Å². The van der Waals surface area contributed by atoms with Gasteiger partial charge in [0.2, 0.25) is 0 Å². The standard InChI is InChI=1S/C15H25NO4/c1-7-19-13(17)9-8-12(10-11(2)3)16-14(18)20-15(4,5)6/h11-12H,7,10H2,1-6H3,(H,16,18)/t12-/m1/s1. The Labute approximate surface area is 121 Å². The summed E-state index contributed by atoms with van der Waals surface area (Å²) >= 11 is 0. The van der Waals surface area contributed by atoms with Crippen LogP contribution in [0, 0.1) is 17.8 Å². The Morgan fingerprint density at radius 3 is 2.30 bits per heavy atom. The molecule has 114 valence electrons. The summed E-state index contributed by atoms with van der Waals surface area (Å²) in [5.74, 6) is 4.83. The number of nitrogens with one attached hydrogen (secondary N) is 1. The molecule has 0 saturated heterocycles. The molecule has 0 radical (unpaired) electrons. The first-order valence-corrected chi connectivity index (χ1v) is 6.81. The van der Waals surface area contributed by atoms with E-state index in [-0.39, 0.29) is 6.61 Å². The first-order chi connectivity index (χ1) is 9.14. The fraction of sp³-hybridized carbons (Fsp3) is 0.733. The molecule has 0 aromatic rings. The van der Waals surface area contributed by atoms with E-state index in [1.807, 2.05) is 13.8 Å². The van der Waals surface area contributed by atoms with Crippen molar-refractivity contribution in [3.8, 4) is 11.8 Å². The average Bonchev–Trinajstić information content (AvgIpc) is 2.22. The zero-order valence-electron chi connectivity index (χ0n) is 13.2. The average molecular weight is 283 g/mol. The van der Waals surface area contributed by atoms with Gasteiger partial charge in [-0.2, -0.15) is 0 Å². The maximum absolute atomic E-state index is 11.7. The molecule has 0 rings (SSSR count). The van der Waals surface area contributed by atoms with Gasteiger partial charge in [0, 0.05) is 5.92 Å². The van der Waals surface area contributed by atoms with Gasteiger partial charge in [-0.05, 0) is 40.0 Å². The minimum Gasteiger partial charge on any atom is -0.456 e. The van der Waals surface area contributed by atoms with Crippen LogP contribution in [0.1, 0.15) is 48.0 Å². The number of alkyl carbamates (subject to hydrolysis) is 1. The number of hydrogen-bond donors (Lipinski definition) is 1. The summed E-state index contributed by atoms with van der Waals surface area (Å²) in [6, 6.07) is -0.436. The highest BCUT2D eigenvalue weighted by molar-refractivity contribution is 5.88. The van der Waals surface area contributed by atoms with Gasteiger partial charge in [-0.1, -0.05) is 19.8 Å². The largest absolute Gasteiger partial charge is 0.456 e. The third kappa shape index (κ3) is 10.2. The lowest BCUT2D eigenvalue weighted by Gasteiger charge is -2.22. The number of amides is 1. The van der Waals surface area contributed by atoms with E-state index in [4.69, 9.17) is 9.47 Å². The monoisotopic (exact) mass is 283 g/mol. The quantitative estimate of drug-likeness (QED) is 0.489. The first kappa shape index (κ1) is 18.3. The van der Waals surface area contributed by atoms with Crippen LogP contribution in [-0.2, 0) is 14.3 Å². The molecule has 5 heteroatoms. The SMILES string of the molecule is CCOC(=O)C#C[C@H](CC(C)C)NC(=O)OC(C)(C)C. The molecule has 0 saturated carbocycles. The van der Waals surface area contributed by atoms with Gasteiger partial charge >= 0.3 is 12.1 Å². The highest BCUT2D eigenvalue weighted by Crippen LogP contribution is 2.09. The number of hydrogen-bond acceptors (Lipinski definition) is 4. The molecule has 0 heterocycles. The van der Waals surface area contributed by atoms with Crippen LogP contribution in [-0.4, -0.2) is 30.3 Å². The van der Waals surface area contributed by atoms with Gasteiger partial charge in [0.05, 0.1) is 12.6 Å². The number of carbonyl (C=O) groups is 2. The van der Waals surface area contributed by atoms with Crippen molar-refractivity contribution in [1.29, 1.82) is 0 Å². The molecule has 1 atom stereocenters. The third-order valence-corrected chi connectivity index (χ3v) is 2.02. The molecule has 0 aliphatic carbocycles. The summed E-state index contributed by atoms with van der Waals surface area (Å²) in [6.45, 7) is 11.4. The Hall–Kier alpha value is -1.70. The van der Waals surface area contributed by atoms with Gasteiger partial charge in [-0.15, -0.1) is 0 Å². The van der Waals surface area contributed by atoms with E-state index in [9.17, 15) is 9.59 Å². The zero-order chi connectivity index (χ0) is 15.8. The van der Waals surface area contributed by atoms with Gasteiger partial charge in [-0.25, -0.2) is 9.59 Å². The Balaban J connectivity index is 4.64. The molecule has 0 aliphatic rings. The highest BCUT2D eigenvalue weighted by Gasteiger charge is 2.19. The summed E-state index contributed by atoms with van der Waals surface area (Å²) in [5, 5.41) is 2.66. The topological polar surface area (TPSA) is 64.6 Å². The smallest absolute Gasteiger partial charge is 0.408 e. The second kappa shape index (κ2) is 8.47. The molecule has 0 bridgehead atoms. The van der Waals surface area contributed by atoms with E-state index in [1.54, 1.807) is 27.7 Å². The lowest BCUT2D eigenvalue weighted by Crippen LogP contribution is -2.39. The van der Waals surface area contributed by atoms with Gasteiger partial charge in [0.25, 0.3) is 0 Å². The number of ether oxygens (including phenoxy) is 2. The van der Waals surface area contributed by atoms with Crippen molar-refractivity contribution in [2.24, 2.45) is 5.92 Å². The fourth-order valence-corrected chi connectivity index (χ4v) is 1.39. The number of carbonyl (C=O) groups excluding carboxylic acids is 2. The first-order valence-electron chi connectivity index (χ1n) is 6.81. The minimum atomic E-state index is -0.591. The molecule has 0 unspecified atom stereocenters. The summed E-state index contributed by atoms with van der Waals surface area (Å²) in [6.07, 6.45) is 0.0901. The second-order valence-corrected chi connectivity index (χ2v) is 5.82. The molecule has 0 aromatic carbocycles. The molecule has 1 N–H and O–H groups in total. The fourth-order valence-electron chi connectivity index (χ4n) is 1.39. The predicted molar refractivity (Wildman–Crippen MR) is 77.0 cm³/mol. The van der Waals surface area contributed by atoms with Crippen LogP contribution < -0.4 is 5.32 Å². The van der Waals surface area contributed by atoms with Crippen molar-refractivity contribution in [3.05, 3.63) is 0 Å². The van der Waals surface area contributed by atoms with Crippen molar-refractivity contribution in [2.45, 2.75) is 59.6 Å². The second-order valence-electron chi connectivity index (χ2n) is 5.82. The molecule has 0 fully saturated rings. The lowest BCUT2D eigenvalue weighted by atomic mass is 10.0. The highest BCUT2D eigenvalue weighted by atomic mass is 16.6. The van der Waals surface area contributed by atoms with Crippen molar-refractivity contribution < 1.29 is 19.1 Å². The number of esters is 1. The molecule has 1 amide bonds. The lowest BCUT2D eigenvalue weighted by molar-refractivity contribution is -0.136. The van der Waals surface area contributed by atoms with E-state index >= 15 is 0 Å². The minimum absolute atomic E-state index is 0.280. The van der Waals surface area contributed by atoms with E-state index in [0.29, 0.717) is 12.3 Å². The summed E-state index contributed by atoms with van der Waals surface area (Å²) in [4.78, 5) is 22.9. The van der Waals surface area contributed by atoms with Crippen molar-refractivity contribution >= 4 is 12.1 Å². The van der Waals surface area contributed by atoms with Gasteiger partial charge in [-0.3, -0.25) is 0 Å². The summed E-state index contributed by atoms with van der Waals surface area (Å²) in [5.41, 5.74) is -0.568. The molecule has 0 spiro atoms. The van der Waals surface area contributed by atoms with Crippen LogP contribution in [0.3, 0.4) is 0 Å². The third-order valence-electron chi connectivity index (χ3n) is 2.02. The maximum atomic E-state index is 11.7. The van der Waals surface area contributed by atoms with Crippen LogP contribution in [0.15, 0.2) is 0 Å². The van der Waals surface area contributed by atoms with Crippen molar-refractivity contribution in [3.63, 3.8) is 0 Å². The molecule has 0 aromatic heterocycles. The molecule has 5 nitrogen and oxygen atoms in total. The molecular weight excluding hydrogens is 258 g/mol. The van der Waals surface area contributed by atoms with Crippen LogP contribution in [0.2, 0.25) is 0 Å². The maximum Gasteiger partial charge on any atom is 0.408 e. The van der Waals surface area contributed by atoms with Crippen LogP contribution in [0.25, 0.3) is 0 Å². The van der Waals surface area contributed by atoms with E-state index in [2.05, 4.69) is 17.2 Å². The van der Waals surface area contributed by atoms with E-state index in [0.717, 1.165) is 0 Å². The Kier molecular flexibility index (Phi) is 7.75. The normalized spacial score (nSPS) is 12.2. The molecule has 0 aliphatic heterocycles. The van der Waals surface area contributed by atoms with Gasteiger partial charge in [0.1, 0.15) is 5.60 Å². The Morgan fingerprint density at radius 2 is 1.85 bits per heavy atom. The molecule has 20 heavy (non-hydrogen) atoms. The van der Waals surface area contributed by atoms with Crippen LogP contribution in [0.5, 0.6) is 0 Å². The van der Waals surface area contributed by atoms with Crippen LogP contribution in [0.4, 0.5) is 4.79 Å². The van der Waals surface area contributed by atoms with E-state index in [1.165, 1.54) is 0 Å². The Bertz CT molecular complexity index is 385. The molecular formula is C15H25NO4. The van der Waals surface area contributed by atoms with Crippen molar-refractivity contribution in [2.75, 3.05) is 6.61 Å². The summed E-state index contributed by atoms with van der Waals surface area (Å²) < 4.78 is 9.90. The zero-order valence-corrected chi connectivity index (χ0v) is 13.2. The van der Waals surface area contributed by atoms with Gasteiger partial charge in [0.15, 0.2) is 0 Å². The van der Waals surface area contributed by atoms with Crippen LogP contribution >= 0.6 is 0 Å².